The van der Waals surface area contributed by atoms with E-state index in [2.05, 4.69) is 10.0 Å². The molecule has 1 aliphatic rings. The molecule has 1 rings (SSSR count). The fraction of sp³-hybridized carbons (Fsp3) is 0.727. The number of carboxylic acid groups (broad SMARTS) is 2. The van der Waals surface area contributed by atoms with Crippen LogP contribution in [0, 0.1) is 5.92 Å². The molecule has 9 heteroatoms. The number of carbonyl (C=O) groups excluding carboxylic acids is 1. The Labute approximate surface area is 114 Å². The van der Waals surface area contributed by atoms with Gasteiger partial charge in [-0.3, -0.25) is 9.59 Å². The second kappa shape index (κ2) is 7.34. The largest absolute Gasteiger partial charge is 0.481 e. The summed E-state index contributed by atoms with van der Waals surface area (Å²) in [5.41, 5.74) is 8.23. The van der Waals surface area contributed by atoms with Crippen LogP contribution in [-0.2, 0) is 14.4 Å². The summed E-state index contributed by atoms with van der Waals surface area (Å²) in [4.78, 5) is 37.3. The molecular weight excluding hydrogens is 268 g/mol. The molecule has 1 saturated heterocycles. The maximum Gasteiger partial charge on any atom is 0.326 e. The van der Waals surface area contributed by atoms with Crippen molar-refractivity contribution in [3.05, 3.63) is 10.4 Å². The average Bonchev–Trinajstić information content (AvgIpc) is 2.72. The third-order valence-electron chi connectivity index (χ3n) is 3.17. The molecule has 0 spiro atoms. The van der Waals surface area contributed by atoms with Gasteiger partial charge in [-0.1, -0.05) is 5.11 Å². The highest BCUT2D eigenvalue weighted by atomic mass is 16.4. The number of carbonyl (C=O) groups is 3. The molecule has 0 radical (unpaired) electrons. The molecule has 0 aromatic carbocycles. The number of carboxylic acids is 2. The van der Waals surface area contributed by atoms with Crippen molar-refractivity contribution in [2.24, 2.45) is 11.0 Å². The van der Waals surface area contributed by atoms with Crippen molar-refractivity contribution < 1.29 is 24.6 Å². The van der Waals surface area contributed by atoms with Crippen molar-refractivity contribution in [3.63, 3.8) is 0 Å². The van der Waals surface area contributed by atoms with Crippen LogP contribution in [0.1, 0.15) is 25.7 Å². The number of nitrogens with zero attached hydrogens (tertiary/aromatic N) is 4. The van der Waals surface area contributed by atoms with Gasteiger partial charge in [0.1, 0.15) is 6.04 Å². The first-order valence-corrected chi connectivity index (χ1v) is 6.20. The minimum atomic E-state index is -1.15. The van der Waals surface area contributed by atoms with Gasteiger partial charge in [0.05, 0.1) is 0 Å². The molecule has 0 saturated carbocycles. The van der Waals surface area contributed by atoms with Crippen molar-refractivity contribution in [1.82, 2.24) is 4.90 Å². The van der Waals surface area contributed by atoms with Crippen molar-refractivity contribution in [1.29, 1.82) is 0 Å². The monoisotopic (exact) mass is 284 g/mol. The fourth-order valence-electron chi connectivity index (χ4n) is 2.24. The molecule has 2 N–H and O–H groups in total. The molecule has 9 nitrogen and oxygen atoms in total. The van der Waals surface area contributed by atoms with Crippen LogP contribution in [0.3, 0.4) is 0 Å². The Morgan fingerprint density at radius 1 is 1.50 bits per heavy atom. The lowest BCUT2D eigenvalue weighted by Gasteiger charge is -2.24. The predicted molar refractivity (Wildman–Crippen MR) is 66.7 cm³/mol. The average molecular weight is 284 g/mol. The molecule has 1 amide bonds. The summed E-state index contributed by atoms with van der Waals surface area (Å²) >= 11 is 0. The molecule has 0 aromatic rings. The van der Waals surface area contributed by atoms with Crippen LogP contribution in [0.4, 0.5) is 0 Å². The van der Waals surface area contributed by atoms with E-state index in [0.29, 0.717) is 0 Å². The lowest BCUT2D eigenvalue weighted by molar-refractivity contribution is -0.149. The summed E-state index contributed by atoms with van der Waals surface area (Å²) in [5.74, 6) is -2.62. The van der Waals surface area contributed by atoms with Gasteiger partial charge in [-0.05, 0) is 24.3 Å². The molecule has 1 unspecified atom stereocenters. The summed E-state index contributed by atoms with van der Waals surface area (Å²) in [6.45, 7) is 0.377. The van der Waals surface area contributed by atoms with E-state index >= 15 is 0 Å². The van der Waals surface area contributed by atoms with Gasteiger partial charge >= 0.3 is 11.9 Å². The third kappa shape index (κ3) is 4.43. The minimum absolute atomic E-state index is 0.0988. The Bertz CT molecular complexity index is 446. The number of rotatable bonds is 8. The molecule has 0 aromatic heterocycles. The van der Waals surface area contributed by atoms with Gasteiger partial charge in [0.15, 0.2) is 0 Å². The Morgan fingerprint density at radius 2 is 2.20 bits per heavy atom. The minimum Gasteiger partial charge on any atom is -0.481 e. The molecule has 1 aliphatic heterocycles. The summed E-state index contributed by atoms with van der Waals surface area (Å²) in [5, 5.41) is 21.1. The van der Waals surface area contributed by atoms with Gasteiger partial charge in [-0.2, -0.15) is 0 Å². The Morgan fingerprint density at radius 3 is 2.75 bits per heavy atom. The highest BCUT2D eigenvalue weighted by Gasteiger charge is 2.37. The first-order valence-electron chi connectivity index (χ1n) is 6.20. The van der Waals surface area contributed by atoms with E-state index in [9.17, 15) is 14.4 Å². The zero-order chi connectivity index (χ0) is 15.1. The van der Waals surface area contributed by atoms with Crippen LogP contribution in [0.2, 0.25) is 0 Å². The lowest BCUT2D eigenvalue weighted by atomic mass is 10.1. The number of hydrogen-bond donors (Lipinski definition) is 2. The van der Waals surface area contributed by atoms with Crippen LogP contribution in [0.5, 0.6) is 0 Å². The topological polar surface area (TPSA) is 144 Å². The van der Waals surface area contributed by atoms with Crippen molar-refractivity contribution >= 4 is 17.8 Å². The highest BCUT2D eigenvalue weighted by Crippen LogP contribution is 2.23. The van der Waals surface area contributed by atoms with E-state index in [1.807, 2.05) is 0 Å². The van der Waals surface area contributed by atoms with E-state index in [1.54, 1.807) is 0 Å². The first-order chi connectivity index (χ1) is 9.45. The number of hydrogen-bond acceptors (Lipinski definition) is 4. The Hall–Kier alpha value is -2.28. The summed E-state index contributed by atoms with van der Waals surface area (Å²) < 4.78 is 0. The zero-order valence-electron chi connectivity index (χ0n) is 10.8. The number of aliphatic carboxylic acids is 2. The zero-order valence-corrected chi connectivity index (χ0v) is 10.8. The summed E-state index contributed by atoms with van der Waals surface area (Å²) in [7, 11) is 0. The number of amides is 1. The molecule has 20 heavy (non-hydrogen) atoms. The van der Waals surface area contributed by atoms with Crippen molar-refractivity contribution in [3.8, 4) is 0 Å². The molecule has 0 bridgehead atoms. The predicted octanol–water partition coefficient (Wildman–Crippen LogP) is 0.853. The van der Waals surface area contributed by atoms with E-state index in [1.165, 1.54) is 4.90 Å². The molecule has 1 fully saturated rings. The van der Waals surface area contributed by atoms with Crippen molar-refractivity contribution in [2.45, 2.75) is 31.7 Å². The fourth-order valence-corrected chi connectivity index (χ4v) is 2.24. The SMILES string of the molecule is [N-]=[N+]=NCC1CC(=O)N([C@H](CCCC(=O)O)C(=O)O)C1. The van der Waals surface area contributed by atoms with E-state index < -0.39 is 18.0 Å². The van der Waals surface area contributed by atoms with E-state index in [4.69, 9.17) is 15.7 Å². The van der Waals surface area contributed by atoms with Crippen LogP contribution in [-0.4, -0.2) is 52.1 Å². The van der Waals surface area contributed by atoms with Gasteiger partial charge in [0, 0.05) is 30.8 Å². The molecule has 2 atom stereocenters. The molecule has 1 heterocycles. The van der Waals surface area contributed by atoms with E-state index in [-0.39, 0.29) is 50.6 Å². The van der Waals surface area contributed by atoms with Gasteiger partial charge in [-0.25, -0.2) is 4.79 Å². The van der Waals surface area contributed by atoms with Crippen LogP contribution >= 0.6 is 0 Å². The normalized spacial score (nSPS) is 19.5. The first kappa shape index (κ1) is 15.8. The van der Waals surface area contributed by atoms with Crippen LogP contribution in [0.15, 0.2) is 5.11 Å². The molecule has 110 valence electrons. The molecule has 0 aliphatic carbocycles. The van der Waals surface area contributed by atoms with Crippen LogP contribution < -0.4 is 0 Å². The second-order valence-corrected chi connectivity index (χ2v) is 4.67. The number of likely N-dealkylation sites (tertiary alicyclic amines) is 1. The van der Waals surface area contributed by atoms with Gasteiger partial charge in [0.25, 0.3) is 0 Å². The molecular formula is C11H16N4O5. The number of azide groups is 1. The third-order valence-corrected chi connectivity index (χ3v) is 3.17. The maximum absolute atomic E-state index is 11.8. The summed E-state index contributed by atoms with van der Waals surface area (Å²) in [6, 6.07) is -1.02. The van der Waals surface area contributed by atoms with Gasteiger partial charge in [-0.15, -0.1) is 0 Å². The van der Waals surface area contributed by atoms with Gasteiger partial charge in [0.2, 0.25) is 5.91 Å². The smallest absolute Gasteiger partial charge is 0.326 e. The van der Waals surface area contributed by atoms with Gasteiger partial charge < -0.3 is 15.1 Å². The highest BCUT2D eigenvalue weighted by molar-refractivity contribution is 5.85. The summed E-state index contributed by atoms with van der Waals surface area (Å²) in [6.07, 6.45) is 0.314. The van der Waals surface area contributed by atoms with Crippen molar-refractivity contribution in [2.75, 3.05) is 13.1 Å². The lowest BCUT2D eigenvalue weighted by Crippen LogP contribution is -2.42. The maximum atomic E-state index is 11.8. The Kier molecular flexibility index (Phi) is 5.79. The standard InChI is InChI=1S/C11H16N4O5/c12-14-13-5-7-4-9(16)15(6-7)8(11(19)20)2-1-3-10(17)18/h7-8H,1-6H2,(H,17,18)(H,19,20)/t7?,8-/m1/s1. The van der Waals surface area contributed by atoms with E-state index in [0.717, 1.165) is 0 Å². The Balaban J connectivity index is 2.62. The quantitative estimate of drug-likeness (QED) is 0.385. The second-order valence-electron chi connectivity index (χ2n) is 4.67. The van der Waals surface area contributed by atoms with Crippen LogP contribution in [0.25, 0.3) is 10.4 Å².